The third kappa shape index (κ3) is 4.29. The van der Waals surface area contributed by atoms with Gasteiger partial charge in [0.1, 0.15) is 6.04 Å². The van der Waals surface area contributed by atoms with Crippen LogP contribution in [0.3, 0.4) is 0 Å². The Hall–Kier alpha value is -1.39. The number of carbonyl (C=O) groups is 1. The standard InChI is InChI=1S/C17H25NO3/c1-3-13-8-5-6-10-15(13)16(17(19)20-4-2)18-12-14-9-7-11-21-14/h5-6,8,10,14,16,18H,3-4,7,9,11-12H2,1-2H3. The molecule has 21 heavy (non-hydrogen) atoms. The Bertz CT molecular complexity index is 455. The fraction of sp³-hybridized carbons (Fsp3) is 0.588. The van der Waals surface area contributed by atoms with Crippen LogP contribution in [0.1, 0.15) is 43.9 Å². The Labute approximate surface area is 126 Å². The summed E-state index contributed by atoms with van der Waals surface area (Å²) < 4.78 is 10.9. The van der Waals surface area contributed by atoms with Crippen LogP contribution in [-0.2, 0) is 20.7 Å². The first kappa shape index (κ1) is 16.0. The number of hydrogen-bond donors (Lipinski definition) is 1. The van der Waals surface area contributed by atoms with Crippen LogP contribution in [0.4, 0.5) is 0 Å². The average Bonchev–Trinajstić information content (AvgIpc) is 3.01. The molecule has 2 unspecified atom stereocenters. The van der Waals surface area contributed by atoms with Gasteiger partial charge < -0.3 is 9.47 Å². The van der Waals surface area contributed by atoms with Gasteiger partial charge in [-0.15, -0.1) is 0 Å². The Morgan fingerprint density at radius 2 is 2.24 bits per heavy atom. The summed E-state index contributed by atoms with van der Waals surface area (Å²) in [6.45, 7) is 5.83. The zero-order chi connectivity index (χ0) is 15.1. The Morgan fingerprint density at radius 3 is 2.90 bits per heavy atom. The van der Waals surface area contributed by atoms with Crippen molar-refractivity contribution in [1.29, 1.82) is 0 Å². The number of benzene rings is 1. The molecule has 4 heteroatoms. The second-order valence-corrected chi connectivity index (χ2v) is 5.28. The van der Waals surface area contributed by atoms with E-state index in [0.29, 0.717) is 13.2 Å². The minimum atomic E-state index is -0.412. The normalized spacial score (nSPS) is 19.4. The minimum Gasteiger partial charge on any atom is -0.465 e. The number of rotatable bonds is 7. The van der Waals surface area contributed by atoms with Crippen molar-refractivity contribution in [3.63, 3.8) is 0 Å². The maximum atomic E-state index is 12.3. The van der Waals surface area contributed by atoms with Gasteiger partial charge in [0.2, 0.25) is 0 Å². The van der Waals surface area contributed by atoms with Gasteiger partial charge in [0.15, 0.2) is 0 Å². The molecular weight excluding hydrogens is 266 g/mol. The summed E-state index contributed by atoms with van der Waals surface area (Å²) in [5.41, 5.74) is 2.19. The van der Waals surface area contributed by atoms with Crippen molar-refractivity contribution in [3.05, 3.63) is 35.4 Å². The maximum absolute atomic E-state index is 12.3. The highest BCUT2D eigenvalue weighted by Gasteiger charge is 2.25. The van der Waals surface area contributed by atoms with Crippen LogP contribution in [0.25, 0.3) is 0 Å². The van der Waals surface area contributed by atoms with E-state index in [-0.39, 0.29) is 12.1 Å². The molecule has 0 bridgehead atoms. The molecule has 0 aromatic heterocycles. The van der Waals surface area contributed by atoms with Gasteiger partial charge in [-0.2, -0.15) is 0 Å². The summed E-state index contributed by atoms with van der Waals surface area (Å²) in [6, 6.07) is 7.63. The van der Waals surface area contributed by atoms with Crippen molar-refractivity contribution < 1.29 is 14.3 Å². The van der Waals surface area contributed by atoms with Crippen molar-refractivity contribution in [3.8, 4) is 0 Å². The number of hydrogen-bond acceptors (Lipinski definition) is 4. The first-order valence-electron chi connectivity index (χ1n) is 7.85. The largest absolute Gasteiger partial charge is 0.465 e. The van der Waals surface area contributed by atoms with Gasteiger partial charge in [-0.05, 0) is 37.3 Å². The fourth-order valence-corrected chi connectivity index (χ4v) is 2.74. The highest BCUT2D eigenvalue weighted by Crippen LogP contribution is 2.21. The average molecular weight is 291 g/mol. The van der Waals surface area contributed by atoms with Gasteiger partial charge >= 0.3 is 5.97 Å². The van der Waals surface area contributed by atoms with Gasteiger partial charge in [0.25, 0.3) is 0 Å². The number of aryl methyl sites for hydroxylation is 1. The van der Waals surface area contributed by atoms with Crippen molar-refractivity contribution in [2.75, 3.05) is 19.8 Å². The smallest absolute Gasteiger partial charge is 0.327 e. The zero-order valence-corrected chi connectivity index (χ0v) is 12.9. The summed E-state index contributed by atoms with van der Waals surface area (Å²) >= 11 is 0. The van der Waals surface area contributed by atoms with Crippen molar-refractivity contribution in [2.24, 2.45) is 0 Å². The van der Waals surface area contributed by atoms with E-state index in [1.165, 1.54) is 5.56 Å². The first-order chi connectivity index (χ1) is 10.3. The third-order valence-corrected chi connectivity index (χ3v) is 3.84. The van der Waals surface area contributed by atoms with Gasteiger partial charge in [-0.3, -0.25) is 5.32 Å². The molecule has 1 aromatic carbocycles. The predicted molar refractivity (Wildman–Crippen MR) is 82.2 cm³/mol. The molecule has 2 atom stereocenters. The van der Waals surface area contributed by atoms with E-state index < -0.39 is 6.04 Å². The van der Waals surface area contributed by atoms with Crippen molar-refractivity contribution >= 4 is 5.97 Å². The molecule has 0 radical (unpaired) electrons. The van der Waals surface area contributed by atoms with Crippen LogP contribution in [-0.4, -0.2) is 31.8 Å². The van der Waals surface area contributed by atoms with Gasteiger partial charge in [0, 0.05) is 13.2 Å². The molecule has 0 aliphatic carbocycles. The van der Waals surface area contributed by atoms with Crippen molar-refractivity contribution in [2.45, 2.75) is 45.3 Å². The maximum Gasteiger partial charge on any atom is 0.327 e. The first-order valence-corrected chi connectivity index (χ1v) is 7.85. The molecule has 2 rings (SSSR count). The van der Waals surface area contributed by atoms with Crippen LogP contribution >= 0.6 is 0 Å². The van der Waals surface area contributed by atoms with E-state index in [2.05, 4.69) is 18.3 Å². The second kappa shape index (κ2) is 8.15. The van der Waals surface area contributed by atoms with E-state index in [0.717, 1.165) is 31.4 Å². The molecule has 0 spiro atoms. The Morgan fingerprint density at radius 1 is 1.43 bits per heavy atom. The molecule has 116 valence electrons. The van der Waals surface area contributed by atoms with E-state index in [9.17, 15) is 4.79 Å². The number of esters is 1. The molecule has 1 aromatic rings. The van der Waals surface area contributed by atoms with Gasteiger partial charge in [0.05, 0.1) is 12.7 Å². The quantitative estimate of drug-likeness (QED) is 0.785. The molecule has 1 N–H and O–H groups in total. The van der Waals surface area contributed by atoms with Crippen LogP contribution in [0.2, 0.25) is 0 Å². The molecular formula is C17H25NO3. The molecule has 1 saturated heterocycles. The molecule has 1 heterocycles. The van der Waals surface area contributed by atoms with Gasteiger partial charge in [-0.25, -0.2) is 4.79 Å². The van der Waals surface area contributed by atoms with Crippen LogP contribution in [0.5, 0.6) is 0 Å². The van der Waals surface area contributed by atoms with Gasteiger partial charge in [-0.1, -0.05) is 31.2 Å². The molecule has 0 saturated carbocycles. The summed E-state index contributed by atoms with van der Waals surface area (Å²) in [7, 11) is 0. The lowest BCUT2D eigenvalue weighted by Gasteiger charge is -2.21. The molecule has 1 fully saturated rings. The molecule has 0 amide bonds. The van der Waals surface area contributed by atoms with Crippen LogP contribution < -0.4 is 5.32 Å². The predicted octanol–water partition coefficient (Wildman–Crippen LogP) is 2.62. The number of carbonyl (C=O) groups excluding carboxylic acids is 1. The van der Waals surface area contributed by atoms with Crippen LogP contribution in [0, 0.1) is 0 Å². The lowest BCUT2D eigenvalue weighted by molar-refractivity contribution is -0.146. The Balaban J connectivity index is 2.12. The lowest BCUT2D eigenvalue weighted by Crippen LogP contribution is -2.36. The topological polar surface area (TPSA) is 47.6 Å². The summed E-state index contributed by atoms with van der Waals surface area (Å²) in [5, 5.41) is 3.34. The second-order valence-electron chi connectivity index (χ2n) is 5.28. The monoisotopic (exact) mass is 291 g/mol. The molecule has 1 aliphatic heterocycles. The summed E-state index contributed by atoms with van der Waals surface area (Å²) in [6.07, 6.45) is 3.25. The summed E-state index contributed by atoms with van der Waals surface area (Å²) in [4.78, 5) is 12.3. The van der Waals surface area contributed by atoms with E-state index in [1.54, 1.807) is 0 Å². The zero-order valence-electron chi connectivity index (χ0n) is 12.9. The highest BCUT2D eigenvalue weighted by molar-refractivity contribution is 5.78. The highest BCUT2D eigenvalue weighted by atomic mass is 16.5. The minimum absolute atomic E-state index is 0.204. The lowest BCUT2D eigenvalue weighted by atomic mass is 9.98. The molecule has 4 nitrogen and oxygen atoms in total. The van der Waals surface area contributed by atoms with E-state index in [4.69, 9.17) is 9.47 Å². The van der Waals surface area contributed by atoms with Crippen molar-refractivity contribution in [1.82, 2.24) is 5.32 Å². The third-order valence-electron chi connectivity index (χ3n) is 3.84. The fourth-order valence-electron chi connectivity index (χ4n) is 2.74. The van der Waals surface area contributed by atoms with Crippen LogP contribution in [0.15, 0.2) is 24.3 Å². The Kier molecular flexibility index (Phi) is 6.21. The number of nitrogens with one attached hydrogen (secondary N) is 1. The van der Waals surface area contributed by atoms with E-state index in [1.807, 2.05) is 25.1 Å². The number of ether oxygens (including phenoxy) is 2. The SMILES string of the molecule is CCOC(=O)C(NCC1CCCO1)c1ccccc1CC. The molecule has 1 aliphatic rings. The summed E-state index contributed by atoms with van der Waals surface area (Å²) in [5.74, 6) is -0.212. The van der Waals surface area contributed by atoms with E-state index >= 15 is 0 Å².